The van der Waals surface area contributed by atoms with Crippen molar-refractivity contribution in [1.82, 2.24) is 24.6 Å². The largest absolute Gasteiger partial charge is 0.340 e. The molecule has 0 spiro atoms. The second-order valence-corrected chi connectivity index (χ2v) is 6.48. The highest BCUT2D eigenvalue weighted by Crippen LogP contribution is 2.23. The van der Waals surface area contributed by atoms with Crippen LogP contribution in [0.1, 0.15) is 17.9 Å². The van der Waals surface area contributed by atoms with Crippen molar-refractivity contribution in [1.29, 1.82) is 0 Å². The van der Waals surface area contributed by atoms with Crippen LogP contribution in [0.25, 0.3) is 10.6 Å². The minimum atomic E-state index is 0.0762. The van der Waals surface area contributed by atoms with Gasteiger partial charge in [-0.25, -0.2) is 4.98 Å². The third kappa shape index (κ3) is 3.86. The Bertz CT molecular complexity index is 811. The van der Waals surface area contributed by atoms with Crippen LogP contribution in [0, 0.1) is 0 Å². The molecule has 1 aromatic carbocycles. The van der Waals surface area contributed by atoms with Gasteiger partial charge in [-0.05, 0) is 0 Å². The molecule has 0 aliphatic heterocycles. The Hall–Kier alpha value is -2.54. The number of benzene rings is 1. The molecule has 0 aliphatic carbocycles. The summed E-state index contributed by atoms with van der Waals surface area (Å²) in [6.07, 6.45) is 2.65. The standard InChI is InChI=1S/C17H19N5OS/c1-21(16(23)9-8-15-20-18-12-22(15)2)10-14-11-24-17(19-14)13-6-4-3-5-7-13/h3-7,11-12H,8-10H2,1-2H3. The van der Waals surface area contributed by atoms with E-state index in [0.717, 1.165) is 22.1 Å². The van der Waals surface area contributed by atoms with Gasteiger partial charge < -0.3 is 9.47 Å². The van der Waals surface area contributed by atoms with Crippen LogP contribution in [0.4, 0.5) is 0 Å². The Labute approximate surface area is 144 Å². The summed E-state index contributed by atoms with van der Waals surface area (Å²) < 4.78 is 1.83. The van der Waals surface area contributed by atoms with Gasteiger partial charge in [-0.15, -0.1) is 21.5 Å². The Morgan fingerprint density at radius 1 is 1.29 bits per heavy atom. The summed E-state index contributed by atoms with van der Waals surface area (Å²) in [5, 5.41) is 10.8. The maximum absolute atomic E-state index is 12.3. The summed E-state index contributed by atoms with van der Waals surface area (Å²) in [5.74, 6) is 0.893. The zero-order chi connectivity index (χ0) is 16.9. The van der Waals surface area contributed by atoms with Crippen molar-refractivity contribution < 1.29 is 4.79 Å². The van der Waals surface area contributed by atoms with E-state index in [2.05, 4.69) is 15.2 Å². The molecule has 0 unspecified atom stereocenters. The number of nitrogens with zero attached hydrogens (tertiary/aromatic N) is 5. The van der Waals surface area contributed by atoms with Crippen molar-refractivity contribution in [2.45, 2.75) is 19.4 Å². The van der Waals surface area contributed by atoms with Gasteiger partial charge in [0.2, 0.25) is 5.91 Å². The van der Waals surface area contributed by atoms with E-state index in [-0.39, 0.29) is 5.91 Å². The van der Waals surface area contributed by atoms with Crippen LogP contribution < -0.4 is 0 Å². The highest BCUT2D eigenvalue weighted by atomic mass is 32.1. The van der Waals surface area contributed by atoms with Gasteiger partial charge in [0.15, 0.2) is 0 Å². The molecule has 0 N–H and O–H groups in total. The van der Waals surface area contributed by atoms with Crippen molar-refractivity contribution in [3.05, 3.63) is 53.6 Å². The number of hydrogen-bond acceptors (Lipinski definition) is 5. The molecular weight excluding hydrogens is 322 g/mol. The predicted molar refractivity (Wildman–Crippen MR) is 93.3 cm³/mol. The summed E-state index contributed by atoms with van der Waals surface area (Å²) in [7, 11) is 3.68. The molecule has 0 radical (unpaired) electrons. The SMILES string of the molecule is CN(Cc1csc(-c2ccccc2)n1)C(=O)CCc1nncn1C. The fraction of sp³-hybridized carbons (Fsp3) is 0.294. The van der Waals surface area contributed by atoms with E-state index < -0.39 is 0 Å². The zero-order valence-corrected chi connectivity index (χ0v) is 14.5. The van der Waals surface area contributed by atoms with E-state index in [4.69, 9.17) is 0 Å². The number of thiazole rings is 1. The summed E-state index contributed by atoms with van der Waals surface area (Å²) in [6, 6.07) is 10.1. The molecule has 24 heavy (non-hydrogen) atoms. The third-order valence-corrected chi connectivity index (χ3v) is 4.71. The highest BCUT2D eigenvalue weighted by molar-refractivity contribution is 7.13. The lowest BCUT2D eigenvalue weighted by Crippen LogP contribution is -2.26. The van der Waals surface area contributed by atoms with Crippen LogP contribution in [-0.2, 0) is 24.8 Å². The van der Waals surface area contributed by atoms with Gasteiger partial charge in [-0.2, -0.15) is 0 Å². The second kappa shape index (κ2) is 7.35. The fourth-order valence-electron chi connectivity index (χ4n) is 2.37. The minimum absolute atomic E-state index is 0.0762. The number of carbonyl (C=O) groups is 1. The molecule has 0 atom stereocenters. The number of rotatable bonds is 6. The molecular formula is C17H19N5OS. The summed E-state index contributed by atoms with van der Waals surface area (Å²) in [4.78, 5) is 18.6. The van der Waals surface area contributed by atoms with Crippen LogP contribution in [0.5, 0.6) is 0 Å². The lowest BCUT2D eigenvalue weighted by molar-refractivity contribution is -0.130. The van der Waals surface area contributed by atoms with Crippen LogP contribution in [0.2, 0.25) is 0 Å². The molecule has 2 aromatic heterocycles. The fourth-order valence-corrected chi connectivity index (χ4v) is 3.18. The first-order valence-electron chi connectivity index (χ1n) is 7.70. The van der Waals surface area contributed by atoms with Crippen molar-refractivity contribution in [3.63, 3.8) is 0 Å². The average Bonchev–Trinajstić information content (AvgIpc) is 3.22. The van der Waals surface area contributed by atoms with Gasteiger partial charge >= 0.3 is 0 Å². The smallest absolute Gasteiger partial charge is 0.223 e. The molecule has 0 bridgehead atoms. The van der Waals surface area contributed by atoms with Gasteiger partial charge in [0.1, 0.15) is 17.2 Å². The van der Waals surface area contributed by atoms with E-state index in [0.29, 0.717) is 19.4 Å². The lowest BCUT2D eigenvalue weighted by Gasteiger charge is -2.15. The van der Waals surface area contributed by atoms with Crippen molar-refractivity contribution >= 4 is 17.2 Å². The molecule has 6 nitrogen and oxygen atoms in total. The number of carbonyl (C=O) groups excluding carboxylic acids is 1. The number of hydrogen-bond donors (Lipinski definition) is 0. The molecule has 0 aliphatic rings. The monoisotopic (exact) mass is 341 g/mol. The highest BCUT2D eigenvalue weighted by Gasteiger charge is 2.13. The summed E-state index contributed by atoms with van der Waals surface area (Å²) in [5.41, 5.74) is 2.01. The van der Waals surface area contributed by atoms with E-state index in [9.17, 15) is 4.79 Å². The Morgan fingerprint density at radius 2 is 2.08 bits per heavy atom. The molecule has 124 valence electrons. The predicted octanol–water partition coefficient (Wildman–Crippen LogP) is 2.53. The normalized spacial score (nSPS) is 10.8. The third-order valence-electron chi connectivity index (χ3n) is 3.77. The lowest BCUT2D eigenvalue weighted by atomic mass is 10.2. The van der Waals surface area contributed by atoms with Gasteiger partial charge in [-0.1, -0.05) is 30.3 Å². The van der Waals surface area contributed by atoms with E-state index >= 15 is 0 Å². The molecule has 1 amide bonds. The maximum atomic E-state index is 12.3. The number of amides is 1. The van der Waals surface area contributed by atoms with Gasteiger partial charge in [0, 0.05) is 37.9 Å². The second-order valence-electron chi connectivity index (χ2n) is 5.62. The van der Waals surface area contributed by atoms with Crippen LogP contribution in [0.3, 0.4) is 0 Å². The average molecular weight is 341 g/mol. The van der Waals surface area contributed by atoms with Crippen molar-refractivity contribution in [3.8, 4) is 10.6 Å². The van der Waals surface area contributed by atoms with Gasteiger partial charge in [-0.3, -0.25) is 4.79 Å². The van der Waals surface area contributed by atoms with Gasteiger partial charge in [0.25, 0.3) is 0 Å². The molecule has 3 rings (SSSR count). The number of aromatic nitrogens is 4. The quantitative estimate of drug-likeness (QED) is 0.691. The Morgan fingerprint density at radius 3 is 2.79 bits per heavy atom. The molecule has 0 saturated heterocycles. The minimum Gasteiger partial charge on any atom is -0.340 e. The molecule has 0 fully saturated rings. The van der Waals surface area contributed by atoms with Crippen molar-refractivity contribution in [2.24, 2.45) is 7.05 Å². The topological polar surface area (TPSA) is 63.9 Å². The molecule has 0 saturated carbocycles. The van der Waals surface area contributed by atoms with Crippen molar-refractivity contribution in [2.75, 3.05) is 7.05 Å². The van der Waals surface area contributed by atoms with E-state index in [1.807, 2.05) is 47.3 Å². The summed E-state index contributed by atoms with van der Waals surface area (Å²) in [6.45, 7) is 0.515. The van der Waals surface area contributed by atoms with Crippen LogP contribution in [-0.4, -0.2) is 37.6 Å². The van der Waals surface area contributed by atoms with E-state index in [1.54, 1.807) is 29.6 Å². The summed E-state index contributed by atoms with van der Waals surface area (Å²) >= 11 is 1.60. The van der Waals surface area contributed by atoms with E-state index in [1.165, 1.54) is 0 Å². The maximum Gasteiger partial charge on any atom is 0.223 e. The first kappa shape index (κ1) is 16.3. The Kier molecular flexibility index (Phi) is 5.00. The molecule has 2 heterocycles. The molecule has 3 aromatic rings. The zero-order valence-electron chi connectivity index (χ0n) is 13.7. The first-order chi connectivity index (χ1) is 11.6. The van der Waals surface area contributed by atoms with Gasteiger partial charge in [0.05, 0.1) is 12.2 Å². The number of aryl methyl sites for hydroxylation is 2. The Balaban J connectivity index is 1.56. The first-order valence-corrected chi connectivity index (χ1v) is 8.58. The van der Waals surface area contributed by atoms with Crippen LogP contribution in [0.15, 0.2) is 42.0 Å². The van der Waals surface area contributed by atoms with Crippen LogP contribution >= 0.6 is 11.3 Å². The molecule has 7 heteroatoms.